The lowest BCUT2D eigenvalue weighted by Gasteiger charge is -2.28. The van der Waals surface area contributed by atoms with E-state index >= 15 is 0 Å². The number of hydrogen-bond acceptors (Lipinski definition) is 3. The summed E-state index contributed by atoms with van der Waals surface area (Å²) >= 11 is 0. The number of carbonyl (C=O) groups excluding carboxylic acids is 1. The number of anilines is 1. The number of rotatable bonds is 4. The fourth-order valence-corrected chi connectivity index (χ4v) is 3.06. The molecule has 0 radical (unpaired) electrons. The second-order valence-electron chi connectivity index (χ2n) is 6.03. The van der Waals surface area contributed by atoms with E-state index in [0.29, 0.717) is 17.9 Å². The van der Waals surface area contributed by atoms with Gasteiger partial charge in [-0.1, -0.05) is 18.8 Å². The molecule has 1 aliphatic carbocycles. The molecule has 124 valence electrons. The number of nitrogens with one attached hydrogen (secondary N) is 1. The minimum atomic E-state index is -0.156. The number of amides is 2. The van der Waals surface area contributed by atoms with Gasteiger partial charge in [-0.3, -0.25) is 4.90 Å². The molecule has 0 atom stereocenters. The minimum absolute atomic E-state index is 0.156. The molecule has 0 aromatic carbocycles. The molecule has 5 nitrogen and oxygen atoms in total. The fourth-order valence-electron chi connectivity index (χ4n) is 3.06. The van der Waals surface area contributed by atoms with E-state index in [1.807, 2.05) is 31.2 Å². The lowest BCUT2D eigenvalue weighted by atomic mass is 10.2. The Kier molecular flexibility index (Phi) is 4.85. The van der Waals surface area contributed by atoms with E-state index < -0.39 is 0 Å². The molecule has 0 saturated heterocycles. The first kappa shape index (κ1) is 16.1. The van der Waals surface area contributed by atoms with Gasteiger partial charge in [-0.25, -0.2) is 9.78 Å². The largest absolute Gasteiger partial charge is 0.465 e. The van der Waals surface area contributed by atoms with Crippen molar-refractivity contribution >= 4 is 11.8 Å². The number of terminal acetylenes is 1. The van der Waals surface area contributed by atoms with Crippen LogP contribution in [0.15, 0.2) is 34.9 Å². The van der Waals surface area contributed by atoms with Crippen LogP contribution in [-0.2, 0) is 6.54 Å². The van der Waals surface area contributed by atoms with Crippen LogP contribution in [0.2, 0.25) is 0 Å². The van der Waals surface area contributed by atoms with Crippen LogP contribution in [-0.4, -0.2) is 17.1 Å². The van der Waals surface area contributed by atoms with Gasteiger partial charge in [0.1, 0.15) is 17.3 Å². The third-order valence-corrected chi connectivity index (χ3v) is 4.28. The molecule has 2 aromatic heterocycles. The molecule has 0 aliphatic heterocycles. The molecule has 0 bridgehead atoms. The van der Waals surface area contributed by atoms with E-state index in [2.05, 4.69) is 16.2 Å². The number of hydrogen-bond donors (Lipinski definition) is 1. The molecule has 1 saturated carbocycles. The van der Waals surface area contributed by atoms with Crippen molar-refractivity contribution in [3.05, 3.63) is 47.5 Å². The Morgan fingerprint density at radius 2 is 2.17 bits per heavy atom. The van der Waals surface area contributed by atoms with Crippen molar-refractivity contribution in [2.45, 2.75) is 45.2 Å². The van der Waals surface area contributed by atoms with E-state index in [0.717, 1.165) is 37.2 Å². The van der Waals surface area contributed by atoms with Gasteiger partial charge in [-0.15, -0.1) is 6.42 Å². The van der Waals surface area contributed by atoms with Gasteiger partial charge in [0.25, 0.3) is 0 Å². The highest BCUT2D eigenvalue weighted by Gasteiger charge is 2.29. The zero-order valence-electron chi connectivity index (χ0n) is 13.8. The van der Waals surface area contributed by atoms with Gasteiger partial charge >= 0.3 is 6.03 Å². The summed E-state index contributed by atoms with van der Waals surface area (Å²) < 4.78 is 5.50. The summed E-state index contributed by atoms with van der Waals surface area (Å²) in [6, 6.07) is 7.40. The number of aromatic nitrogens is 1. The van der Waals surface area contributed by atoms with Crippen LogP contribution >= 0.6 is 0 Å². The maximum atomic E-state index is 12.8. The number of furan rings is 1. The van der Waals surface area contributed by atoms with E-state index in [1.165, 1.54) is 0 Å². The molecule has 1 N–H and O–H groups in total. The summed E-state index contributed by atoms with van der Waals surface area (Å²) in [5, 5.41) is 2.93. The Morgan fingerprint density at radius 3 is 2.75 bits per heavy atom. The third kappa shape index (κ3) is 3.60. The normalized spacial score (nSPS) is 14.3. The molecule has 3 rings (SSSR count). The Bertz CT molecular complexity index is 737. The lowest BCUT2D eigenvalue weighted by molar-refractivity contribution is 0.242. The average Bonchev–Trinajstić information content (AvgIpc) is 3.26. The van der Waals surface area contributed by atoms with Crippen LogP contribution in [0.4, 0.5) is 10.6 Å². The molecule has 0 unspecified atom stereocenters. The Balaban J connectivity index is 1.75. The first-order valence-electron chi connectivity index (χ1n) is 8.22. The smallest absolute Gasteiger partial charge is 0.323 e. The van der Waals surface area contributed by atoms with Gasteiger partial charge in [-0.2, -0.15) is 0 Å². The number of carbonyl (C=O) groups is 1. The van der Waals surface area contributed by atoms with E-state index in [-0.39, 0.29) is 12.1 Å². The number of pyridine rings is 1. The highest BCUT2D eigenvalue weighted by molar-refractivity contribution is 5.91. The average molecular weight is 323 g/mol. The molecule has 1 aliphatic rings. The topological polar surface area (TPSA) is 58.4 Å². The highest BCUT2D eigenvalue weighted by Crippen LogP contribution is 2.27. The van der Waals surface area contributed by atoms with Gasteiger partial charge in [0.15, 0.2) is 0 Å². The SMILES string of the molecule is C#Cc1ccc(N(C(=O)NCc2ccc(C)o2)C2CCCC2)nc1. The van der Waals surface area contributed by atoms with Crippen LogP contribution in [0.5, 0.6) is 0 Å². The highest BCUT2D eigenvalue weighted by atomic mass is 16.3. The van der Waals surface area contributed by atoms with Crippen molar-refractivity contribution in [2.75, 3.05) is 4.90 Å². The molecule has 1 fully saturated rings. The maximum absolute atomic E-state index is 12.8. The van der Waals surface area contributed by atoms with Crippen molar-refractivity contribution in [1.82, 2.24) is 10.3 Å². The van der Waals surface area contributed by atoms with Crippen molar-refractivity contribution < 1.29 is 9.21 Å². The summed E-state index contributed by atoms with van der Waals surface area (Å²) in [5.74, 6) is 4.75. The quantitative estimate of drug-likeness (QED) is 0.874. The number of aryl methyl sites for hydroxylation is 1. The predicted molar refractivity (Wildman–Crippen MR) is 92.6 cm³/mol. The second kappa shape index (κ2) is 7.22. The first-order valence-corrected chi connectivity index (χ1v) is 8.22. The van der Waals surface area contributed by atoms with E-state index in [9.17, 15) is 4.79 Å². The maximum Gasteiger partial charge on any atom is 0.323 e. The van der Waals surface area contributed by atoms with Crippen LogP contribution < -0.4 is 10.2 Å². The van der Waals surface area contributed by atoms with Crippen molar-refractivity contribution in [3.63, 3.8) is 0 Å². The molecular weight excluding hydrogens is 302 g/mol. The Morgan fingerprint density at radius 1 is 1.38 bits per heavy atom. The van der Waals surface area contributed by atoms with Crippen molar-refractivity contribution in [1.29, 1.82) is 0 Å². The summed E-state index contributed by atoms with van der Waals surface area (Å²) in [6.07, 6.45) is 11.3. The zero-order valence-corrected chi connectivity index (χ0v) is 13.8. The van der Waals surface area contributed by atoms with Crippen LogP contribution in [0.25, 0.3) is 0 Å². The van der Waals surface area contributed by atoms with Gasteiger partial charge < -0.3 is 9.73 Å². The van der Waals surface area contributed by atoms with Gasteiger partial charge in [0.2, 0.25) is 0 Å². The predicted octanol–water partition coefficient (Wildman–Crippen LogP) is 3.62. The molecule has 24 heavy (non-hydrogen) atoms. The molecule has 5 heteroatoms. The number of nitrogens with zero attached hydrogens (tertiary/aromatic N) is 2. The Hall–Kier alpha value is -2.74. The summed E-state index contributed by atoms with van der Waals surface area (Å²) in [6.45, 7) is 2.24. The van der Waals surface area contributed by atoms with Crippen molar-refractivity contribution in [3.8, 4) is 12.3 Å². The van der Waals surface area contributed by atoms with Crippen LogP contribution in [0.3, 0.4) is 0 Å². The molecule has 0 spiro atoms. The molecule has 2 heterocycles. The number of urea groups is 1. The summed E-state index contributed by atoms with van der Waals surface area (Å²) in [5.41, 5.74) is 0.705. The monoisotopic (exact) mass is 323 g/mol. The van der Waals surface area contributed by atoms with E-state index in [1.54, 1.807) is 11.1 Å². The van der Waals surface area contributed by atoms with Gasteiger partial charge in [0.05, 0.1) is 6.54 Å². The molecular formula is C19H21N3O2. The molecule has 2 aromatic rings. The van der Waals surface area contributed by atoms with E-state index in [4.69, 9.17) is 10.8 Å². The summed E-state index contributed by atoms with van der Waals surface area (Å²) in [7, 11) is 0. The van der Waals surface area contributed by atoms with Gasteiger partial charge in [-0.05, 0) is 44.0 Å². The Labute approximate surface area is 142 Å². The van der Waals surface area contributed by atoms with Gasteiger partial charge in [0, 0.05) is 17.8 Å². The standard InChI is InChI=1S/C19H21N3O2/c1-3-15-9-11-18(20-12-15)22(16-6-4-5-7-16)19(23)21-13-17-10-8-14(2)24-17/h1,8-12,16H,4-7,13H2,2H3,(H,21,23). The third-order valence-electron chi connectivity index (χ3n) is 4.28. The minimum Gasteiger partial charge on any atom is -0.465 e. The van der Waals surface area contributed by atoms with Crippen molar-refractivity contribution in [2.24, 2.45) is 0 Å². The van der Waals surface area contributed by atoms with Crippen LogP contribution in [0, 0.1) is 19.3 Å². The zero-order chi connectivity index (χ0) is 16.9. The second-order valence-corrected chi connectivity index (χ2v) is 6.03. The molecule has 2 amide bonds. The van der Waals surface area contributed by atoms with Crippen LogP contribution in [0.1, 0.15) is 42.8 Å². The summed E-state index contributed by atoms with van der Waals surface area (Å²) in [4.78, 5) is 18.9. The first-order chi connectivity index (χ1) is 11.7. The lowest BCUT2D eigenvalue weighted by Crippen LogP contribution is -2.45. The fraction of sp³-hybridized carbons (Fsp3) is 0.368.